The molecule has 4 aromatic rings. The molecule has 52 heavy (non-hydrogen) atoms. The molecule has 0 saturated heterocycles. The van der Waals surface area contributed by atoms with Crippen LogP contribution in [0.1, 0.15) is 39.2 Å². The quantitative estimate of drug-likeness (QED) is 0.102. The van der Waals surface area contributed by atoms with Crippen LogP contribution in [0.4, 0.5) is 23.0 Å². The first-order chi connectivity index (χ1) is 22.9. The van der Waals surface area contributed by atoms with Gasteiger partial charge in [-0.1, -0.05) is 10.3 Å². The zero-order chi connectivity index (χ0) is 39.2. The number of carboxylic acids is 4. The van der Waals surface area contributed by atoms with Crippen LogP contribution in [-0.4, -0.2) is 71.5 Å². The predicted molar refractivity (Wildman–Crippen MR) is 179 cm³/mol. The molecule has 10 N–H and O–H groups in total. The molecule has 0 saturated carbocycles. The van der Waals surface area contributed by atoms with E-state index in [0.29, 0.717) is 22.9 Å². The van der Waals surface area contributed by atoms with Gasteiger partial charge in [0, 0.05) is 85.3 Å². The van der Waals surface area contributed by atoms with Crippen LogP contribution in [0.15, 0.2) is 79.5 Å². The van der Waals surface area contributed by atoms with E-state index in [4.69, 9.17) is 60.1 Å². The van der Waals surface area contributed by atoms with Crippen LogP contribution >= 0.6 is 0 Å². The summed E-state index contributed by atoms with van der Waals surface area (Å²) in [5.41, 5.74) is 12.0. The second kappa shape index (κ2) is 26.7. The Balaban J connectivity index is -0.000000307. The number of aryl methyl sites for hydroxylation is 2. The van der Waals surface area contributed by atoms with Crippen molar-refractivity contribution < 1.29 is 99.6 Å². The maximum absolute atomic E-state index is 11.9. The first-order valence-electron chi connectivity index (χ1n) is 13.3. The van der Waals surface area contributed by atoms with Gasteiger partial charge in [-0.15, -0.1) is 0 Å². The number of hydrogen-bond acceptors (Lipinski definition) is 14. The van der Waals surface area contributed by atoms with Crippen LogP contribution in [0.5, 0.6) is 0 Å². The third-order valence-electron chi connectivity index (χ3n) is 4.11. The van der Waals surface area contributed by atoms with Gasteiger partial charge < -0.3 is 40.9 Å². The van der Waals surface area contributed by atoms with Crippen molar-refractivity contribution in [3.05, 3.63) is 72.2 Å². The molecule has 2 aromatic carbocycles. The van der Waals surface area contributed by atoms with Gasteiger partial charge in [0.1, 0.15) is 11.5 Å². The third-order valence-corrected chi connectivity index (χ3v) is 6.86. The fourth-order valence-corrected chi connectivity index (χ4v) is 4.48. The fourth-order valence-electron chi connectivity index (χ4n) is 2.52. The molecule has 0 spiro atoms. The van der Waals surface area contributed by atoms with Crippen molar-refractivity contribution in [3.8, 4) is 0 Å². The molecule has 0 aliphatic carbocycles. The summed E-state index contributed by atoms with van der Waals surface area (Å²) in [5.74, 6) is -1.97. The minimum Gasteiger partial charge on any atom is -0.481 e. The van der Waals surface area contributed by atoms with E-state index in [0.717, 1.165) is 27.7 Å². The number of sulfonamides is 2. The Morgan fingerprint density at radius 3 is 0.942 bits per heavy atom. The minimum atomic E-state index is -3.64. The van der Waals surface area contributed by atoms with Crippen LogP contribution in [-0.2, 0) is 73.4 Å². The van der Waals surface area contributed by atoms with E-state index in [9.17, 15) is 16.8 Å². The Hall–Kier alpha value is -5.12. The van der Waals surface area contributed by atoms with Crippen molar-refractivity contribution in [1.29, 1.82) is 0 Å². The number of nitrogens with two attached hydrogens (primary N) is 2. The molecule has 0 atom stereocenters. The molecule has 298 valence electrons. The first-order valence-corrected chi connectivity index (χ1v) is 16.3. The molecule has 0 aliphatic rings. The van der Waals surface area contributed by atoms with Crippen LogP contribution < -0.4 is 20.9 Å². The number of carbonyl (C=O) groups is 4. The van der Waals surface area contributed by atoms with Gasteiger partial charge in [0.15, 0.2) is 11.6 Å². The molecule has 0 bridgehead atoms. The molecule has 4 rings (SSSR count). The van der Waals surface area contributed by atoms with E-state index in [2.05, 4.69) is 19.8 Å². The molecule has 0 fully saturated rings. The summed E-state index contributed by atoms with van der Waals surface area (Å²) in [4.78, 5) is 36.2. The summed E-state index contributed by atoms with van der Waals surface area (Å²) in [5, 5.41) is 36.8. The Morgan fingerprint density at radius 2 is 0.769 bits per heavy atom. The number of benzene rings is 2. The summed E-state index contributed by atoms with van der Waals surface area (Å²) in [6, 6.07) is 14.7. The molecule has 2 heterocycles. The number of carboxylic acid groups (broad SMARTS) is 4. The third kappa shape index (κ3) is 28.7. The number of aromatic nitrogens is 2. The monoisotopic (exact) mass is 872 g/mol. The van der Waals surface area contributed by atoms with Crippen LogP contribution in [0.2, 0.25) is 0 Å². The Kier molecular flexibility index (Phi) is 27.5. The SMILES string of the molecule is CC(=O)O.CC(=O)O.CC(=O)O.CC(=O)O.Cc1cc(NS(=O)(=O)c2ccc(N)cc2)no1.Cc1cc(NS(=O)(=O)c2ccc(N)cc2)no1.[Cu].[Cu]. The van der Waals surface area contributed by atoms with Crippen molar-refractivity contribution in [1.82, 2.24) is 10.3 Å². The Morgan fingerprint density at radius 1 is 0.558 bits per heavy atom. The number of aliphatic carboxylic acids is 4. The second-order valence-electron chi connectivity index (χ2n) is 9.07. The number of nitrogens with zero attached hydrogens (tertiary/aromatic N) is 2. The maximum Gasteiger partial charge on any atom is 0.300 e. The van der Waals surface area contributed by atoms with Crippen LogP contribution in [0.25, 0.3) is 0 Å². The van der Waals surface area contributed by atoms with Crippen molar-refractivity contribution in [3.63, 3.8) is 0 Å². The van der Waals surface area contributed by atoms with Gasteiger partial charge >= 0.3 is 0 Å². The molecule has 0 unspecified atom stereocenters. The topological polar surface area (TPSA) is 346 Å². The largest absolute Gasteiger partial charge is 0.481 e. The Bertz CT molecular complexity index is 1710. The summed E-state index contributed by atoms with van der Waals surface area (Å²) >= 11 is 0. The minimum absolute atomic E-state index is 0. The average molecular weight is 874 g/mol. The van der Waals surface area contributed by atoms with Gasteiger partial charge in [0.2, 0.25) is 0 Å². The van der Waals surface area contributed by atoms with E-state index in [1.807, 2.05) is 0 Å². The number of rotatable bonds is 6. The zero-order valence-corrected chi connectivity index (χ0v) is 31.6. The Labute approximate surface area is 320 Å². The smallest absolute Gasteiger partial charge is 0.300 e. The van der Waals surface area contributed by atoms with Gasteiger partial charge in [-0.05, 0) is 62.4 Å². The molecule has 2 aromatic heterocycles. The number of hydrogen-bond donors (Lipinski definition) is 8. The van der Waals surface area contributed by atoms with E-state index in [-0.39, 0.29) is 55.6 Å². The summed E-state index contributed by atoms with van der Waals surface area (Å²) in [6.07, 6.45) is 0. The first kappa shape index (κ1) is 53.7. The van der Waals surface area contributed by atoms with Gasteiger partial charge in [0.05, 0.1) is 9.79 Å². The number of nitrogens with one attached hydrogen (secondary N) is 2. The molecule has 2 radical (unpaired) electrons. The molecule has 0 aliphatic heterocycles. The van der Waals surface area contributed by atoms with Crippen LogP contribution in [0, 0.1) is 13.8 Å². The summed E-state index contributed by atoms with van der Waals surface area (Å²) in [7, 11) is -7.29. The zero-order valence-electron chi connectivity index (χ0n) is 28.1. The maximum atomic E-state index is 11.9. The summed E-state index contributed by atoms with van der Waals surface area (Å²) in [6.45, 7) is 7.68. The van der Waals surface area contributed by atoms with Gasteiger partial charge in [-0.3, -0.25) is 28.6 Å². The normalized spacial score (nSPS) is 9.35. The van der Waals surface area contributed by atoms with Gasteiger partial charge in [0.25, 0.3) is 43.9 Å². The van der Waals surface area contributed by atoms with Gasteiger partial charge in [-0.2, -0.15) is 0 Å². The second-order valence-corrected chi connectivity index (χ2v) is 12.4. The molecule has 0 amide bonds. The number of anilines is 4. The van der Waals surface area contributed by atoms with Crippen molar-refractivity contribution in [2.75, 3.05) is 20.9 Å². The van der Waals surface area contributed by atoms with Crippen molar-refractivity contribution in [2.45, 2.75) is 51.3 Å². The fraction of sp³-hybridized carbons (Fsp3) is 0.214. The average Bonchev–Trinajstić information content (AvgIpc) is 3.54. The van der Waals surface area contributed by atoms with E-state index >= 15 is 0 Å². The van der Waals surface area contributed by atoms with Crippen molar-refractivity contribution >= 4 is 66.9 Å². The molecular weight excluding hydrogens is 836 g/mol. The standard InChI is InChI=1S/2C10H11N3O3S.4C2H4O2.2Cu/c2*1-7-6-10(12-16-7)13-17(14,15)9-4-2-8(11)3-5-9;4*1-2(3)4;;/h2*2-6H,11H2,1H3,(H,12,13);4*1H3,(H,3,4);;. The van der Waals surface area contributed by atoms with Crippen LogP contribution in [0.3, 0.4) is 0 Å². The van der Waals surface area contributed by atoms with Gasteiger partial charge in [-0.25, -0.2) is 16.8 Å². The van der Waals surface area contributed by atoms with Crippen molar-refractivity contribution in [2.24, 2.45) is 0 Å². The van der Waals surface area contributed by atoms with E-state index < -0.39 is 43.9 Å². The molecular formula is C28H38Cu2N6O14S2. The number of nitrogen functional groups attached to an aromatic ring is 2. The predicted octanol–water partition coefficient (Wildman–Crippen LogP) is 3.09. The van der Waals surface area contributed by atoms with E-state index in [1.165, 1.54) is 60.7 Å². The molecule has 20 nitrogen and oxygen atoms in total. The van der Waals surface area contributed by atoms with E-state index in [1.54, 1.807) is 13.8 Å². The summed E-state index contributed by atoms with van der Waals surface area (Å²) < 4.78 is 61.7. The molecule has 24 heteroatoms.